The fourth-order valence-corrected chi connectivity index (χ4v) is 1.32. The van der Waals surface area contributed by atoms with Crippen LogP contribution in [-0.2, 0) is 9.59 Å². The lowest BCUT2D eigenvalue weighted by molar-refractivity contribution is -0.137. The number of carboxylic acid groups (broad SMARTS) is 1. The number of amides is 1. The molecule has 0 saturated heterocycles. The molecule has 0 fully saturated rings. The van der Waals surface area contributed by atoms with Crippen LogP contribution in [0.3, 0.4) is 0 Å². The minimum atomic E-state index is -0.869. The van der Waals surface area contributed by atoms with Crippen molar-refractivity contribution in [2.24, 2.45) is 0 Å². The van der Waals surface area contributed by atoms with Crippen molar-refractivity contribution in [3.63, 3.8) is 0 Å². The molecule has 1 amide bonds. The Kier molecular flexibility index (Phi) is 5.46. The monoisotopic (exact) mass is 245 g/mol. The first-order valence-corrected chi connectivity index (χ1v) is 5.67. The van der Waals surface area contributed by atoms with Gasteiger partial charge in [-0.05, 0) is 25.5 Å². The van der Waals surface area contributed by atoms with E-state index in [-0.39, 0.29) is 12.5 Å². The zero-order valence-corrected chi connectivity index (χ0v) is 10.1. The number of carbonyl (C=O) groups excluding carboxylic acids is 1. The number of carbonyl (C=O) groups is 2. The molecular weight excluding hydrogens is 230 g/mol. The number of carboxylic acids is 1. The van der Waals surface area contributed by atoms with Crippen molar-refractivity contribution < 1.29 is 14.7 Å². The van der Waals surface area contributed by atoms with Crippen LogP contribution in [0.1, 0.15) is 25.3 Å². The van der Waals surface area contributed by atoms with Crippen molar-refractivity contribution in [2.75, 3.05) is 0 Å². The highest BCUT2D eigenvalue weighted by atomic mass is 16.4. The molecule has 1 atom stereocenters. The number of aliphatic carboxylic acids is 1. The van der Waals surface area contributed by atoms with Gasteiger partial charge in [-0.15, -0.1) is 0 Å². The highest BCUT2D eigenvalue weighted by Gasteiger charge is 2.06. The lowest BCUT2D eigenvalue weighted by atomic mass is 10.2. The van der Waals surface area contributed by atoms with Crippen LogP contribution < -0.4 is 5.32 Å². The van der Waals surface area contributed by atoms with Crippen LogP contribution in [-0.4, -0.2) is 23.0 Å². The van der Waals surface area contributed by atoms with Gasteiger partial charge in [0.2, 0.25) is 0 Å². The maximum atomic E-state index is 11.4. The maximum Gasteiger partial charge on any atom is 0.303 e. The van der Waals surface area contributed by atoms with Gasteiger partial charge in [0.25, 0.3) is 5.91 Å². The molecule has 0 aliphatic carbocycles. The van der Waals surface area contributed by atoms with Crippen LogP contribution in [0.15, 0.2) is 30.3 Å². The zero-order chi connectivity index (χ0) is 13.4. The number of hydrogen-bond donors (Lipinski definition) is 2. The second-order valence-electron chi connectivity index (χ2n) is 3.92. The molecule has 2 N–H and O–H groups in total. The molecule has 1 unspecified atom stereocenters. The number of benzene rings is 1. The van der Waals surface area contributed by atoms with Gasteiger partial charge in [0.05, 0.1) is 0 Å². The average Bonchev–Trinajstić information content (AvgIpc) is 2.35. The summed E-state index contributed by atoms with van der Waals surface area (Å²) in [6.45, 7) is 1.75. The molecule has 18 heavy (non-hydrogen) atoms. The van der Waals surface area contributed by atoms with E-state index >= 15 is 0 Å². The van der Waals surface area contributed by atoms with Crippen molar-refractivity contribution in [3.8, 4) is 11.8 Å². The summed E-state index contributed by atoms with van der Waals surface area (Å²) in [6.07, 6.45) is 0.432. The largest absolute Gasteiger partial charge is 0.481 e. The van der Waals surface area contributed by atoms with Crippen molar-refractivity contribution in [2.45, 2.75) is 25.8 Å². The molecule has 1 rings (SSSR count). The Morgan fingerprint density at radius 1 is 1.33 bits per heavy atom. The van der Waals surface area contributed by atoms with Crippen molar-refractivity contribution in [3.05, 3.63) is 35.9 Å². The number of hydrogen-bond acceptors (Lipinski definition) is 2. The van der Waals surface area contributed by atoms with E-state index in [4.69, 9.17) is 5.11 Å². The van der Waals surface area contributed by atoms with E-state index in [0.29, 0.717) is 6.42 Å². The normalized spacial score (nSPS) is 10.9. The van der Waals surface area contributed by atoms with Gasteiger partial charge in [0.15, 0.2) is 0 Å². The van der Waals surface area contributed by atoms with Crippen molar-refractivity contribution >= 4 is 11.9 Å². The summed E-state index contributed by atoms with van der Waals surface area (Å²) >= 11 is 0. The Morgan fingerprint density at radius 3 is 2.61 bits per heavy atom. The first-order valence-electron chi connectivity index (χ1n) is 5.67. The van der Waals surface area contributed by atoms with E-state index < -0.39 is 11.9 Å². The van der Waals surface area contributed by atoms with Gasteiger partial charge in [-0.25, -0.2) is 0 Å². The first-order chi connectivity index (χ1) is 8.58. The van der Waals surface area contributed by atoms with Gasteiger partial charge in [-0.3, -0.25) is 9.59 Å². The summed E-state index contributed by atoms with van der Waals surface area (Å²) < 4.78 is 0. The highest BCUT2D eigenvalue weighted by Crippen LogP contribution is 1.96. The molecule has 0 radical (unpaired) electrons. The maximum absolute atomic E-state index is 11.4. The fraction of sp³-hybridized carbons (Fsp3) is 0.286. The Bertz CT molecular complexity index is 471. The van der Waals surface area contributed by atoms with Gasteiger partial charge >= 0.3 is 5.97 Å². The van der Waals surface area contributed by atoms with Gasteiger partial charge in [0.1, 0.15) is 0 Å². The molecule has 1 aromatic carbocycles. The molecule has 0 bridgehead atoms. The molecule has 1 aromatic rings. The third-order valence-electron chi connectivity index (χ3n) is 2.26. The lowest BCUT2D eigenvalue weighted by Gasteiger charge is -2.09. The molecule has 0 spiro atoms. The molecule has 4 heteroatoms. The van der Waals surface area contributed by atoms with E-state index in [1.165, 1.54) is 0 Å². The molecule has 94 valence electrons. The smallest absolute Gasteiger partial charge is 0.303 e. The minimum absolute atomic E-state index is 0.0353. The third-order valence-corrected chi connectivity index (χ3v) is 2.26. The van der Waals surface area contributed by atoms with E-state index in [0.717, 1.165) is 5.56 Å². The lowest BCUT2D eigenvalue weighted by Crippen LogP contribution is -2.31. The van der Waals surface area contributed by atoms with Crippen molar-refractivity contribution in [1.82, 2.24) is 5.32 Å². The SMILES string of the molecule is CC(CCC(=O)O)NC(=O)C#Cc1ccccc1. The third kappa shape index (κ3) is 5.71. The van der Waals surface area contributed by atoms with E-state index in [9.17, 15) is 9.59 Å². The molecular formula is C14H15NO3. The van der Waals surface area contributed by atoms with Crippen LogP contribution in [0, 0.1) is 11.8 Å². The standard InChI is InChI=1S/C14H15NO3/c1-11(7-10-14(17)18)15-13(16)9-8-12-5-3-2-4-6-12/h2-6,11H,7,10H2,1H3,(H,15,16)(H,17,18). The predicted octanol–water partition coefficient (Wildman–Crippen LogP) is 1.41. The Labute approximate surface area is 106 Å². The quantitative estimate of drug-likeness (QED) is 0.788. The van der Waals surface area contributed by atoms with Gasteiger partial charge in [-0.2, -0.15) is 0 Å². The average molecular weight is 245 g/mol. The minimum Gasteiger partial charge on any atom is -0.481 e. The summed E-state index contributed by atoms with van der Waals surface area (Å²) in [6, 6.07) is 9.00. The van der Waals surface area contributed by atoms with Crippen molar-refractivity contribution in [1.29, 1.82) is 0 Å². The summed E-state index contributed by atoms with van der Waals surface area (Å²) in [4.78, 5) is 21.8. The van der Waals surface area contributed by atoms with Crippen LogP contribution >= 0.6 is 0 Å². The second-order valence-corrected chi connectivity index (χ2v) is 3.92. The molecule has 0 aliphatic heterocycles. The van der Waals surface area contributed by atoms with Crippen LogP contribution in [0.2, 0.25) is 0 Å². The van der Waals surface area contributed by atoms with E-state index in [1.54, 1.807) is 6.92 Å². The summed E-state index contributed by atoms with van der Waals surface area (Å²) in [7, 11) is 0. The van der Waals surface area contributed by atoms with Crippen LogP contribution in [0.4, 0.5) is 0 Å². The fourth-order valence-electron chi connectivity index (χ4n) is 1.32. The Balaban J connectivity index is 2.42. The summed E-state index contributed by atoms with van der Waals surface area (Å²) in [5.41, 5.74) is 0.769. The zero-order valence-electron chi connectivity index (χ0n) is 10.1. The molecule has 0 saturated carbocycles. The number of rotatable bonds is 4. The topological polar surface area (TPSA) is 66.4 Å². The van der Waals surface area contributed by atoms with Crippen LogP contribution in [0.25, 0.3) is 0 Å². The Hall–Kier alpha value is -2.28. The molecule has 0 aliphatic rings. The van der Waals surface area contributed by atoms with Gasteiger partial charge in [-0.1, -0.05) is 24.1 Å². The number of nitrogens with one attached hydrogen (secondary N) is 1. The van der Waals surface area contributed by atoms with Gasteiger partial charge in [0, 0.05) is 23.9 Å². The molecule has 0 aromatic heterocycles. The van der Waals surface area contributed by atoms with Crippen LogP contribution in [0.5, 0.6) is 0 Å². The molecule has 4 nitrogen and oxygen atoms in total. The highest BCUT2D eigenvalue weighted by molar-refractivity contribution is 5.94. The first kappa shape index (κ1) is 13.8. The molecule has 0 heterocycles. The predicted molar refractivity (Wildman–Crippen MR) is 67.8 cm³/mol. The summed E-state index contributed by atoms with van der Waals surface area (Å²) in [5, 5.41) is 11.1. The van der Waals surface area contributed by atoms with E-state index in [2.05, 4.69) is 17.2 Å². The summed E-state index contributed by atoms with van der Waals surface area (Å²) in [5.74, 6) is 3.95. The van der Waals surface area contributed by atoms with Gasteiger partial charge < -0.3 is 10.4 Å². The Morgan fingerprint density at radius 2 is 2.00 bits per heavy atom. The second kappa shape index (κ2) is 7.13. The van der Waals surface area contributed by atoms with E-state index in [1.807, 2.05) is 30.3 Å².